The van der Waals surface area contributed by atoms with Gasteiger partial charge in [0.15, 0.2) is 0 Å². The number of nitrogens with zero attached hydrogens (tertiary/aromatic N) is 1. The van der Waals surface area contributed by atoms with E-state index >= 15 is 0 Å². The highest BCUT2D eigenvalue weighted by Crippen LogP contribution is 2.25. The molecule has 0 aliphatic rings. The van der Waals surface area contributed by atoms with Gasteiger partial charge in [-0.1, -0.05) is 24.3 Å². The number of carboxylic acids is 1. The summed E-state index contributed by atoms with van der Waals surface area (Å²) in [5, 5.41) is 9.20. The quantitative estimate of drug-likeness (QED) is 0.882. The third-order valence-corrected chi connectivity index (χ3v) is 2.45. The predicted octanol–water partition coefficient (Wildman–Crippen LogP) is 2.44. The van der Waals surface area contributed by atoms with Crippen LogP contribution in [0, 0.1) is 5.82 Å². The Morgan fingerprint density at radius 3 is 2.47 bits per heavy atom. The van der Waals surface area contributed by atoms with Gasteiger partial charge in [-0.25, -0.2) is 4.39 Å². The summed E-state index contributed by atoms with van der Waals surface area (Å²) in [6.45, 7) is 0. The van der Waals surface area contributed by atoms with Gasteiger partial charge in [0.2, 0.25) is 0 Å². The van der Waals surface area contributed by atoms with E-state index in [2.05, 4.69) is 4.98 Å². The number of halogens is 1. The van der Waals surface area contributed by atoms with Crippen molar-refractivity contribution >= 4 is 5.97 Å². The van der Waals surface area contributed by atoms with Gasteiger partial charge in [-0.15, -0.1) is 0 Å². The average molecular weight is 231 g/mol. The Morgan fingerprint density at radius 1 is 1.18 bits per heavy atom. The van der Waals surface area contributed by atoms with Crippen LogP contribution in [0.1, 0.15) is 17.2 Å². The lowest BCUT2D eigenvalue weighted by molar-refractivity contribution is -0.137. The van der Waals surface area contributed by atoms with Gasteiger partial charge in [-0.2, -0.15) is 0 Å². The summed E-state index contributed by atoms with van der Waals surface area (Å²) < 4.78 is 13.6. The van der Waals surface area contributed by atoms with Gasteiger partial charge < -0.3 is 5.11 Å². The fourth-order valence-corrected chi connectivity index (χ4v) is 1.67. The SMILES string of the molecule is O=C(O)[C@@H](c1ccccn1)c1ccccc1F. The van der Waals surface area contributed by atoms with Crippen LogP contribution in [0.5, 0.6) is 0 Å². The first-order valence-corrected chi connectivity index (χ1v) is 5.08. The number of carboxylic acid groups (broad SMARTS) is 1. The normalized spacial score (nSPS) is 12.1. The van der Waals surface area contributed by atoms with Gasteiger partial charge in [0.05, 0.1) is 5.69 Å². The van der Waals surface area contributed by atoms with Crippen molar-refractivity contribution < 1.29 is 14.3 Å². The number of aliphatic carboxylic acids is 1. The molecule has 1 atom stereocenters. The molecule has 17 heavy (non-hydrogen) atoms. The molecule has 3 nitrogen and oxygen atoms in total. The van der Waals surface area contributed by atoms with E-state index in [1.807, 2.05) is 0 Å². The topological polar surface area (TPSA) is 50.2 Å². The first-order chi connectivity index (χ1) is 8.20. The lowest BCUT2D eigenvalue weighted by atomic mass is 9.95. The van der Waals surface area contributed by atoms with Crippen LogP contribution in [0.15, 0.2) is 48.7 Å². The molecule has 2 aromatic rings. The number of aromatic nitrogens is 1. The number of carbonyl (C=O) groups is 1. The Labute approximate surface area is 97.6 Å². The van der Waals surface area contributed by atoms with E-state index in [0.717, 1.165) is 0 Å². The van der Waals surface area contributed by atoms with Gasteiger partial charge in [-0.05, 0) is 18.2 Å². The fraction of sp³-hybridized carbons (Fsp3) is 0.0769. The van der Waals surface area contributed by atoms with Crippen molar-refractivity contribution in [2.75, 3.05) is 0 Å². The summed E-state index contributed by atoms with van der Waals surface area (Å²) in [6.07, 6.45) is 1.49. The molecule has 86 valence electrons. The molecule has 1 aromatic heterocycles. The maximum absolute atomic E-state index is 13.6. The van der Waals surface area contributed by atoms with Crippen LogP contribution in [-0.2, 0) is 4.79 Å². The highest BCUT2D eigenvalue weighted by molar-refractivity contribution is 5.79. The van der Waals surface area contributed by atoms with Crippen molar-refractivity contribution in [3.63, 3.8) is 0 Å². The summed E-state index contributed by atoms with van der Waals surface area (Å²) in [5.41, 5.74) is 0.448. The Bertz CT molecular complexity index is 528. The van der Waals surface area contributed by atoms with Gasteiger partial charge in [-0.3, -0.25) is 9.78 Å². The second-order valence-electron chi connectivity index (χ2n) is 3.55. The smallest absolute Gasteiger partial charge is 0.317 e. The number of hydrogen-bond acceptors (Lipinski definition) is 2. The summed E-state index contributed by atoms with van der Waals surface area (Å²) in [5.74, 6) is -2.73. The van der Waals surface area contributed by atoms with E-state index in [4.69, 9.17) is 0 Å². The molecule has 0 spiro atoms. The van der Waals surface area contributed by atoms with E-state index in [1.165, 1.54) is 24.4 Å². The minimum absolute atomic E-state index is 0.124. The zero-order chi connectivity index (χ0) is 12.3. The Kier molecular flexibility index (Phi) is 3.14. The molecule has 0 fully saturated rings. The summed E-state index contributed by atoms with van der Waals surface area (Å²) in [6, 6.07) is 10.8. The molecule has 2 rings (SSSR count). The van der Waals surface area contributed by atoms with E-state index in [0.29, 0.717) is 5.69 Å². The molecule has 1 N–H and O–H groups in total. The predicted molar refractivity (Wildman–Crippen MR) is 60.1 cm³/mol. The molecule has 1 heterocycles. The van der Waals surface area contributed by atoms with Crippen molar-refractivity contribution in [3.8, 4) is 0 Å². The first kappa shape index (κ1) is 11.3. The molecule has 0 aliphatic heterocycles. The van der Waals surface area contributed by atoms with Gasteiger partial charge in [0.25, 0.3) is 0 Å². The number of hydrogen-bond donors (Lipinski definition) is 1. The lowest BCUT2D eigenvalue weighted by Crippen LogP contribution is -2.15. The van der Waals surface area contributed by atoms with E-state index < -0.39 is 17.7 Å². The molecule has 1 aromatic carbocycles. The van der Waals surface area contributed by atoms with Crippen LogP contribution in [0.25, 0.3) is 0 Å². The second-order valence-corrected chi connectivity index (χ2v) is 3.55. The maximum atomic E-state index is 13.6. The minimum Gasteiger partial charge on any atom is -0.480 e. The van der Waals surface area contributed by atoms with Crippen LogP contribution in [-0.4, -0.2) is 16.1 Å². The molecular weight excluding hydrogens is 221 g/mol. The Balaban J connectivity index is 2.51. The first-order valence-electron chi connectivity index (χ1n) is 5.08. The Hall–Kier alpha value is -2.23. The maximum Gasteiger partial charge on any atom is 0.317 e. The zero-order valence-electron chi connectivity index (χ0n) is 8.88. The molecule has 0 unspecified atom stereocenters. The molecule has 0 radical (unpaired) electrons. The summed E-state index contributed by atoms with van der Waals surface area (Å²) in [7, 11) is 0. The van der Waals surface area contributed by atoms with Crippen molar-refractivity contribution in [1.82, 2.24) is 4.98 Å². The standard InChI is InChI=1S/C13H10FNO2/c14-10-6-2-1-5-9(10)12(13(16)17)11-7-3-4-8-15-11/h1-8,12H,(H,16,17)/t12-/m1/s1. The van der Waals surface area contributed by atoms with E-state index in [-0.39, 0.29) is 5.56 Å². The molecule has 0 bridgehead atoms. The monoisotopic (exact) mass is 231 g/mol. The second kappa shape index (κ2) is 4.74. The van der Waals surface area contributed by atoms with E-state index in [9.17, 15) is 14.3 Å². The van der Waals surface area contributed by atoms with Crippen LogP contribution >= 0.6 is 0 Å². The van der Waals surface area contributed by atoms with Crippen LogP contribution in [0.3, 0.4) is 0 Å². The molecule has 4 heteroatoms. The largest absolute Gasteiger partial charge is 0.480 e. The third-order valence-electron chi connectivity index (χ3n) is 2.45. The van der Waals surface area contributed by atoms with Crippen molar-refractivity contribution in [3.05, 3.63) is 65.7 Å². The number of benzene rings is 1. The van der Waals surface area contributed by atoms with Crippen molar-refractivity contribution in [2.45, 2.75) is 5.92 Å². The minimum atomic E-state index is -1.12. The van der Waals surface area contributed by atoms with Crippen LogP contribution in [0.4, 0.5) is 4.39 Å². The zero-order valence-corrected chi connectivity index (χ0v) is 8.88. The van der Waals surface area contributed by atoms with Crippen molar-refractivity contribution in [1.29, 1.82) is 0 Å². The third kappa shape index (κ3) is 2.30. The summed E-state index contributed by atoms with van der Waals surface area (Å²) in [4.78, 5) is 15.2. The Morgan fingerprint density at radius 2 is 1.88 bits per heavy atom. The average Bonchev–Trinajstić information content (AvgIpc) is 2.33. The highest BCUT2D eigenvalue weighted by Gasteiger charge is 2.25. The van der Waals surface area contributed by atoms with Crippen LogP contribution in [0.2, 0.25) is 0 Å². The lowest BCUT2D eigenvalue weighted by Gasteiger charge is -2.12. The molecule has 0 aliphatic carbocycles. The highest BCUT2D eigenvalue weighted by atomic mass is 19.1. The van der Waals surface area contributed by atoms with Gasteiger partial charge >= 0.3 is 5.97 Å². The molecular formula is C13H10FNO2. The summed E-state index contributed by atoms with van der Waals surface area (Å²) >= 11 is 0. The fourth-order valence-electron chi connectivity index (χ4n) is 1.67. The van der Waals surface area contributed by atoms with Crippen LogP contribution < -0.4 is 0 Å². The number of rotatable bonds is 3. The molecule has 0 amide bonds. The van der Waals surface area contributed by atoms with Crippen molar-refractivity contribution in [2.24, 2.45) is 0 Å². The molecule has 0 saturated heterocycles. The molecule has 0 saturated carbocycles. The van der Waals surface area contributed by atoms with Gasteiger partial charge in [0, 0.05) is 11.8 Å². The van der Waals surface area contributed by atoms with E-state index in [1.54, 1.807) is 24.3 Å². The number of pyridine rings is 1. The van der Waals surface area contributed by atoms with Gasteiger partial charge in [0.1, 0.15) is 11.7 Å².